The molecule has 29 heavy (non-hydrogen) atoms. The quantitative estimate of drug-likeness (QED) is 0.511. The number of benzene rings is 2. The molecule has 146 valence electrons. The summed E-state index contributed by atoms with van der Waals surface area (Å²) in [4.78, 5) is 25.3. The van der Waals surface area contributed by atoms with Crippen LogP contribution in [0.3, 0.4) is 0 Å². The molecule has 2 N–H and O–H groups in total. The highest BCUT2D eigenvalue weighted by Gasteiger charge is 2.18. The molecule has 0 aliphatic carbocycles. The van der Waals surface area contributed by atoms with Crippen LogP contribution < -0.4 is 10.6 Å². The topological polar surface area (TPSA) is 82.0 Å². The highest BCUT2D eigenvalue weighted by molar-refractivity contribution is 7.99. The summed E-state index contributed by atoms with van der Waals surface area (Å²) in [6, 6.07) is 16.2. The van der Waals surface area contributed by atoms with E-state index < -0.39 is 17.6 Å². The number of carbonyl (C=O) groups excluding carboxylic acids is 2. The Morgan fingerprint density at radius 1 is 1.00 bits per heavy atom. The number of nitrogens with one attached hydrogen (secondary N) is 2. The number of nitriles is 1. The zero-order valence-electron chi connectivity index (χ0n) is 14.7. The number of halogens is 2. The minimum absolute atomic E-state index is 0.179. The summed E-state index contributed by atoms with van der Waals surface area (Å²) in [7, 11) is 0. The van der Waals surface area contributed by atoms with Gasteiger partial charge in [0.2, 0.25) is 0 Å². The van der Waals surface area contributed by atoms with Gasteiger partial charge in [0.15, 0.2) is 0 Å². The lowest BCUT2D eigenvalue weighted by Gasteiger charge is -2.09. The van der Waals surface area contributed by atoms with Crippen LogP contribution in [0.4, 0.5) is 20.2 Å². The standard InChI is InChI=1S/C20H13F2N3O2S2/c21-20(22)29-16-7-8-28-17(16)19(27)25-15-6-2-4-13(10-15)18(26)24-14-5-1-3-12(9-14)11-23/h1-10,20H,(H,24,26)(H,25,27). The summed E-state index contributed by atoms with van der Waals surface area (Å²) in [6.45, 7) is 0. The second kappa shape index (κ2) is 9.32. The van der Waals surface area contributed by atoms with Crippen molar-refractivity contribution < 1.29 is 18.4 Å². The Morgan fingerprint density at radius 2 is 1.69 bits per heavy atom. The highest BCUT2D eigenvalue weighted by Crippen LogP contribution is 2.32. The second-order valence-corrected chi connectivity index (χ2v) is 7.62. The summed E-state index contributed by atoms with van der Waals surface area (Å²) in [6.07, 6.45) is 0. The van der Waals surface area contributed by atoms with Crippen molar-refractivity contribution in [2.45, 2.75) is 10.7 Å². The maximum Gasteiger partial charge on any atom is 0.288 e. The molecule has 0 spiro atoms. The number of alkyl halides is 2. The van der Waals surface area contributed by atoms with Crippen molar-refractivity contribution in [3.05, 3.63) is 76.0 Å². The van der Waals surface area contributed by atoms with Crippen molar-refractivity contribution in [2.75, 3.05) is 10.6 Å². The van der Waals surface area contributed by atoms with Gasteiger partial charge in [-0.1, -0.05) is 23.9 Å². The number of amides is 2. The van der Waals surface area contributed by atoms with Crippen LogP contribution in [0, 0.1) is 11.3 Å². The number of rotatable bonds is 6. The second-order valence-electron chi connectivity index (χ2n) is 5.67. The van der Waals surface area contributed by atoms with Crippen molar-refractivity contribution in [2.24, 2.45) is 0 Å². The highest BCUT2D eigenvalue weighted by atomic mass is 32.2. The third-order valence-corrected chi connectivity index (χ3v) is 5.50. The van der Waals surface area contributed by atoms with Crippen molar-refractivity contribution >= 4 is 46.3 Å². The van der Waals surface area contributed by atoms with E-state index in [0.29, 0.717) is 34.3 Å². The molecule has 9 heteroatoms. The van der Waals surface area contributed by atoms with Crippen LogP contribution in [0.15, 0.2) is 64.9 Å². The molecule has 2 amide bonds. The van der Waals surface area contributed by atoms with E-state index in [-0.39, 0.29) is 9.77 Å². The maximum atomic E-state index is 12.6. The molecular weight excluding hydrogens is 416 g/mol. The van der Waals surface area contributed by atoms with Crippen LogP contribution in [0.5, 0.6) is 0 Å². The van der Waals surface area contributed by atoms with Crippen LogP contribution >= 0.6 is 23.1 Å². The third kappa shape index (κ3) is 5.40. The summed E-state index contributed by atoms with van der Waals surface area (Å²) < 4.78 is 25.2. The molecule has 0 saturated heterocycles. The molecule has 0 saturated carbocycles. The lowest BCUT2D eigenvalue weighted by Crippen LogP contribution is -2.14. The molecule has 2 aromatic carbocycles. The van der Waals surface area contributed by atoms with Gasteiger partial charge in [0.05, 0.1) is 11.6 Å². The smallest absolute Gasteiger partial charge is 0.288 e. The fraction of sp³-hybridized carbons (Fsp3) is 0.0500. The molecule has 3 aromatic rings. The summed E-state index contributed by atoms with van der Waals surface area (Å²) in [5.74, 6) is -3.56. The first-order valence-electron chi connectivity index (χ1n) is 8.21. The summed E-state index contributed by atoms with van der Waals surface area (Å²) in [5, 5.41) is 15.8. The van der Waals surface area contributed by atoms with Crippen molar-refractivity contribution in [1.29, 1.82) is 5.26 Å². The molecular formula is C20H13F2N3O2S2. The first kappa shape index (κ1) is 20.5. The van der Waals surface area contributed by atoms with Gasteiger partial charge in [0.1, 0.15) is 4.88 Å². The molecule has 5 nitrogen and oxygen atoms in total. The summed E-state index contributed by atoms with van der Waals surface area (Å²) in [5.41, 5.74) is 1.53. The van der Waals surface area contributed by atoms with E-state index in [0.717, 1.165) is 11.3 Å². The molecule has 0 bridgehead atoms. The number of hydrogen-bond donors (Lipinski definition) is 2. The zero-order valence-corrected chi connectivity index (χ0v) is 16.3. The summed E-state index contributed by atoms with van der Waals surface area (Å²) >= 11 is 1.37. The molecule has 0 fully saturated rings. The van der Waals surface area contributed by atoms with Crippen molar-refractivity contribution in [3.8, 4) is 6.07 Å². The number of nitrogens with zero attached hydrogens (tertiary/aromatic N) is 1. The van der Waals surface area contributed by atoms with E-state index in [1.54, 1.807) is 47.8 Å². The molecule has 1 heterocycles. The molecule has 1 aromatic heterocycles. The average Bonchev–Trinajstić information content (AvgIpc) is 3.16. The minimum atomic E-state index is -2.62. The minimum Gasteiger partial charge on any atom is -0.322 e. The van der Waals surface area contributed by atoms with Gasteiger partial charge in [0, 0.05) is 21.8 Å². The van der Waals surface area contributed by atoms with Gasteiger partial charge in [-0.3, -0.25) is 9.59 Å². The van der Waals surface area contributed by atoms with Crippen molar-refractivity contribution in [3.63, 3.8) is 0 Å². The predicted molar refractivity (Wildman–Crippen MR) is 110 cm³/mol. The largest absolute Gasteiger partial charge is 0.322 e. The molecule has 0 unspecified atom stereocenters. The average molecular weight is 429 g/mol. The third-order valence-electron chi connectivity index (χ3n) is 3.68. The fourth-order valence-electron chi connectivity index (χ4n) is 2.45. The van der Waals surface area contributed by atoms with Gasteiger partial charge in [0.25, 0.3) is 17.6 Å². The van der Waals surface area contributed by atoms with Gasteiger partial charge < -0.3 is 10.6 Å². The van der Waals surface area contributed by atoms with E-state index in [4.69, 9.17) is 5.26 Å². The molecule has 0 radical (unpaired) electrons. The van der Waals surface area contributed by atoms with Gasteiger partial charge >= 0.3 is 0 Å². The molecule has 3 rings (SSSR count). The Labute approximate surface area is 173 Å². The molecule has 0 aliphatic rings. The number of thiophene rings is 1. The van der Waals surface area contributed by atoms with Gasteiger partial charge in [-0.05, 0) is 47.8 Å². The Morgan fingerprint density at radius 3 is 2.41 bits per heavy atom. The Balaban J connectivity index is 1.72. The number of thioether (sulfide) groups is 1. The van der Waals surface area contributed by atoms with E-state index in [9.17, 15) is 18.4 Å². The van der Waals surface area contributed by atoms with Crippen molar-refractivity contribution in [1.82, 2.24) is 0 Å². The number of hydrogen-bond acceptors (Lipinski definition) is 5. The predicted octanol–water partition coefficient (Wildman–Crippen LogP) is 5.44. The Bertz CT molecular complexity index is 1090. The Kier molecular flexibility index (Phi) is 6.59. The first-order valence-corrected chi connectivity index (χ1v) is 9.97. The van der Waals surface area contributed by atoms with Crippen LogP contribution in [0.1, 0.15) is 25.6 Å². The van der Waals surface area contributed by atoms with Crippen LogP contribution in [0.25, 0.3) is 0 Å². The van der Waals surface area contributed by atoms with Crippen LogP contribution in [0.2, 0.25) is 0 Å². The van der Waals surface area contributed by atoms with E-state index in [1.807, 2.05) is 6.07 Å². The zero-order chi connectivity index (χ0) is 20.8. The maximum absolute atomic E-state index is 12.6. The number of anilines is 2. The van der Waals surface area contributed by atoms with E-state index in [2.05, 4.69) is 10.6 Å². The van der Waals surface area contributed by atoms with Crippen LogP contribution in [-0.4, -0.2) is 17.6 Å². The van der Waals surface area contributed by atoms with Gasteiger partial charge in [-0.15, -0.1) is 11.3 Å². The van der Waals surface area contributed by atoms with Gasteiger partial charge in [-0.2, -0.15) is 14.0 Å². The lowest BCUT2D eigenvalue weighted by molar-refractivity contribution is 0.101. The van der Waals surface area contributed by atoms with E-state index >= 15 is 0 Å². The molecule has 0 aliphatic heterocycles. The number of carbonyl (C=O) groups is 2. The van der Waals surface area contributed by atoms with Crippen LogP contribution in [-0.2, 0) is 0 Å². The SMILES string of the molecule is N#Cc1cccc(NC(=O)c2cccc(NC(=O)c3sccc3SC(F)F)c2)c1. The van der Waals surface area contributed by atoms with Gasteiger partial charge in [-0.25, -0.2) is 0 Å². The monoisotopic (exact) mass is 429 g/mol. The Hall–Kier alpha value is -3.22. The lowest BCUT2D eigenvalue weighted by atomic mass is 10.1. The molecule has 0 atom stereocenters. The fourth-order valence-corrected chi connectivity index (χ4v) is 4.04. The first-order chi connectivity index (χ1) is 14.0. The normalized spacial score (nSPS) is 10.4. The van der Waals surface area contributed by atoms with E-state index in [1.165, 1.54) is 12.1 Å².